The van der Waals surface area contributed by atoms with Gasteiger partial charge in [0.25, 0.3) is 5.97 Å². The third kappa shape index (κ3) is 2020. The van der Waals surface area contributed by atoms with Gasteiger partial charge in [-0.3, -0.25) is 13.9 Å². The zero-order valence-corrected chi connectivity index (χ0v) is 8.66. The average molecular weight is 248 g/mol. The van der Waals surface area contributed by atoms with E-state index in [1.165, 1.54) is 0 Å². The van der Waals surface area contributed by atoms with Crippen molar-refractivity contribution in [2.45, 2.75) is 6.92 Å². The predicted molar refractivity (Wildman–Crippen MR) is 35.5 cm³/mol. The van der Waals surface area contributed by atoms with E-state index in [9.17, 15) is 0 Å². The summed E-state index contributed by atoms with van der Waals surface area (Å²) in [4.78, 5) is 9.00. The molecule has 3 N–H and O–H groups in total. The Kier molecular flexibility index (Phi) is 21.8. The fourth-order valence-electron chi connectivity index (χ4n) is 0. The van der Waals surface area contributed by atoms with Crippen molar-refractivity contribution < 1.29 is 47.3 Å². The topological polar surface area (TPSA) is 112 Å². The van der Waals surface area contributed by atoms with Gasteiger partial charge in [-0.2, -0.15) is 8.42 Å². The summed E-state index contributed by atoms with van der Waals surface area (Å²) in [5.74, 6) is -0.833. The third-order valence-electron chi connectivity index (χ3n) is 0. The van der Waals surface area contributed by atoms with Crippen molar-refractivity contribution in [3.63, 3.8) is 0 Å². The molecule has 0 saturated carbocycles. The molecule has 71 valence electrons. The average Bonchev–Trinajstić information content (AvgIpc) is 1.19. The van der Waals surface area contributed by atoms with Gasteiger partial charge in [0, 0.05) is 24.0 Å². The number of hydrogen-bond acceptors (Lipinski definition) is 3. The van der Waals surface area contributed by atoms with Gasteiger partial charge in [0.2, 0.25) is 0 Å². The first-order valence-corrected chi connectivity index (χ1v) is 3.02. The van der Waals surface area contributed by atoms with Crippen molar-refractivity contribution in [2.24, 2.45) is 0 Å². The van der Waals surface area contributed by atoms with Crippen LogP contribution in [0.25, 0.3) is 0 Å². The molecule has 0 spiro atoms. The molecule has 0 aromatic rings. The standard InChI is InChI=1S/C2H4O2.Cu.Mg.H2O4S.2H/c1-2(3)4;;;1-5(2,3)4;;/h1H3,(H,3,4);;;(H2,1,2,3,4);;/q;;+2;;2*-1. The number of hydrogen-bond donors (Lipinski definition) is 3. The van der Waals surface area contributed by atoms with Crippen molar-refractivity contribution in [3.05, 3.63) is 0 Å². The van der Waals surface area contributed by atoms with Gasteiger partial charge in [0.15, 0.2) is 0 Å². The maximum atomic E-state index is 9.00. The van der Waals surface area contributed by atoms with Gasteiger partial charge < -0.3 is 7.96 Å². The second kappa shape index (κ2) is 10.6. The van der Waals surface area contributed by atoms with Crippen LogP contribution in [0.15, 0.2) is 0 Å². The molecular formula is C2H8CuMgO6S. The van der Waals surface area contributed by atoms with Crippen molar-refractivity contribution in [3.8, 4) is 0 Å². The van der Waals surface area contributed by atoms with Crippen LogP contribution in [0.4, 0.5) is 0 Å². The van der Waals surface area contributed by atoms with Gasteiger partial charge in [-0.25, -0.2) is 0 Å². The summed E-state index contributed by atoms with van der Waals surface area (Å²) in [5.41, 5.74) is 0. The van der Waals surface area contributed by atoms with E-state index in [0.29, 0.717) is 0 Å². The molecule has 0 aliphatic heterocycles. The van der Waals surface area contributed by atoms with Crippen LogP contribution >= 0.6 is 0 Å². The van der Waals surface area contributed by atoms with Gasteiger partial charge in [0.05, 0.1) is 0 Å². The van der Waals surface area contributed by atoms with Crippen molar-refractivity contribution in [1.82, 2.24) is 0 Å². The van der Waals surface area contributed by atoms with Gasteiger partial charge in [-0.1, -0.05) is 0 Å². The Labute approximate surface area is 93.5 Å². The molecule has 6 nitrogen and oxygen atoms in total. The molecule has 0 aromatic carbocycles. The molecule has 0 aromatic heterocycles. The first kappa shape index (κ1) is 22.6. The Morgan fingerprint density at radius 3 is 1.36 bits per heavy atom. The number of carbonyl (C=O) groups is 1. The van der Waals surface area contributed by atoms with Gasteiger partial charge in [0.1, 0.15) is 0 Å². The minimum absolute atomic E-state index is 0. The van der Waals surface area contributed by atoms with Crippen LogP contribution in [0.2, 0.25) is 0 Å². The smallest absolute Gasteiger partial charge is 1.00 e. The van der Waals surface area contributed by atoms with Gasteiger partial charge in [-0.15, -0.1) is 0 Å². The van der Waals surface area contributed by atoms with Crippen LogP contribution in [0.1, 0.15) is 9.78 Å². The molecule has 0 rings (SSSR count). The number of carboxylic acid groups (broad SMARTS) is 1. The Morgan fingerprint density at radius 1 is 1.36 bits per heavy atom. The van der Waals surface area contributed by atoms with Gasteiger partial charge >= 0.3 is 33.5 Å². The van der Waals surface area contributed by atoms with Crippen LogP contribution in [0.3, 0.4) is 0 Å². The summed E-state index contributed by atoms with van der Waals surface area (Å²) in [6.45, 7) is 1.08. The molecule has 0 aliphatic rings. The predicted octanol–water partition coefficient (Wildman–Crippen LogP) is -0.720. The van der Waals surface area contributed by atoms with Crippen molar-refractivity contribution >= 4 is 39.4 Å². The minimum atomic E-state index is -4.67. The van der Waals surface area contributed by atoms with Crippen LogP contribution in [0.5, 0.6) is 0 Å². The second-order valence-corrected chi connectivity index (χ2v) is 1.86. The van der Waals surface area contributed by atoms with Crippen molar-refractivity contribution in [2.75, 3.05) is 0 Å². The molecule has 0 fully saturated rings. The Hall–Kier alpha value is 0.626. The number of rotatable bonds is 0. The Morgan fingerprint density at radius 2 is 1.36 bits per heavy atom. The summed E-state index contributed by atoms with van der Waals surface area (Å²) in [5, 5.41) is 7.42. The summed E-state index contributed by atoms with van der Waals surface area (Å²) < 4.78 is 31.6. The molecule has 0 atom stereocenters. The van der Waals surface area contributed by atoms with E-state index >= 15 is 0 Å². The fraction of sp³-hybridized carbons (Fsp3) is 0.500. The molecular weight excluding hydrogens is 240 g/mol. The van der Waals surface area contributed by atoms with Gasteiger partial charge in [-0.05, 0) is 0 Å². The Balaban J connectivity index is -0.0000000146. The first-order valence-electron chi connectivity index (χ1n) is 1.63. The van der Waals surface area contributed by atoms with Crippen LogP contribution in [-0.4, -0.2) is 51.7 Å². The molecule has 0 saturated heterocycles. The Bertz CT molecular complexity index is 171. The van der Waals surface area contributed by atoms with Crippen LogP contribution in [0, 0.1) is 0 Å². The van der Waals surface area contributed by atoms with E-state index in [-0.39, 0.29) is 43.0 Å². The zero-order chi connectivity index (χ0) is 8.08. The van der Waals surface area contributed by atoms with Crippen LogP contribution < -0.4 is 0 Å². The summed E-state index contributed by atoms with van der Waals surface area (Å²) in [6.07, 6.45) is 0. The molecule has 9 heteroatoms. The van der Waals surface area contributed by atoms with E-state index in [0.717, 1.165) is 6.92 Å². The SMILES string of the molecule is CC(=O)O.O=S(=O)(O)O.[Cu].[H-].[H-].[Mg+2]. The number of carboxylic acids is 1. The summed E-state index contributed by atoms with van der Waals surface area (Å²) in [6, 6.07) is 0. The maximum absolute atomic E-state index is 9.00. The molecule has 0 heterocycles. The van der Waals surface area contributed by atoms with E-state index in [1.54, 1.807) is 0 Å². The van der Waals surface area contributed by atoms with E-state index in [4.69, 9.17) is 27.4 Å². The molecule has 11 heavy (non-hydrogen) atoms. The number of aliphatic carboxylic acids is 1. The summed E-state index contributed by atoms with van der Waals surface area (Å²) in [7, 11) is -4.67. The quantitative estimate of drug-likeness (QED) is 0.385. The maximum Gasteiger partial charge on any atom is 2.00 e. The molecule has 0 bridgehead atoms. The van der Waals surface area contributed by atoms with Crippen LogP contribution in [-0.2, 0) is 32.3 Å². The largest absolute Gasteiger partial charge is 2.00 e. The third-order valence-corrected chi connectivity index (χ3v) is 0. The van der Waals surface area contributed by atoms with E-state index in [1.807, 2.05) is 0 Å². The molecule has 0 amide bonds. The second-order valence-electron chi connectivity index (χ2n) is 0.967. The van der Waals surface area contributed by atoms with Crippen molar-refractivity contribution in [1.29, 1.82) is 0 Å². The monoisotopic (exact) mass is 247 g/mol. The zero-order valence-electron chi connectivity index (χ0n) is 7.48. The molecule has 1 radical (unpaired) electrons. The normalized spacial score (nSPS) is 7.55. The minimum Gasteiger partial charge on any atom is -1.00 e. The van der Waals surface area contributed by atoms with E-state index < -0.39 is 16.4 Å². The summed E-state index contributed by atoms with van der Waals surface area (Å²) >= 11 is 0. The molecule has 0 unspecified atom stereocenters. The molecule has 0 aliphatic carbocycles. The first-order chi connectivity index (χ1) is 3.73. The van der Waals surface area contributed by atoms with E-state index in [2.05, 4.69) is 0 Å². The fourth-order valence-corrected chi connectivity index (χ4v) is 0.